The molecule has 1 fully saturated rings. The second-order valence-electron chi connectivity index (χ2n) is 5.71. The van der Waals surface area contributed by atoms with Crippen LogP contribution in [0.1, 0.15) is 40.0 Å². The molecule has 0 aromatic heterocycles. The second-order valence-corrected chi connectivity index (χ2v) is 5.71. The van der Waals surface area contributed by atoms with E-state index in [4.69, 9.17) is 10.8 Å². The highest BCUT2D eigenvalue weighted by atomic mass is 16.2. The van der Waals surface area contributed by atoms with Crippen molar-refractivity contribution in [2.45, 2.75) is 57.7 Å². The Morgan fingerprint density at radius 1 is 1.41 bits per heavy atom. The molecule has 0 bridgehead atoms. The van der Waals surface area contributed by atoms with E-state index < -0.39 is 0 Å². The topological polar surface area (TPSA) is 61.5 Å². The molecule has 0 aromatic rings. The van der Waals surface area contributed by atoms with Crippen LogP contribution in [0.15, 0.2) is 0 Å². The zero-order valence-corrected chi connectivity index (χ0v) is 11.6. The second kappa shape index (κ2) is 6.69. The molecule has 4 N–H and O–H groups in total. The lowest BCUT2D eigenvalue weighted by Gasteiger charge is -2.33. The van der Waals surface area contributed by atoms with Crippen molar-refractivity contribution in [2.75, 3.05) is 26.2 Å². The number of nitrogens with two attached hydrogens (primary N) is 1. The van der Waals surface area contributed by atoms with Crippen LogP contribution in [-0.2, 0) is 0 Å². The van der Waals surface area contributed by atoms with Crippen LogP contribution >= 0.6 is 0 Å². The van der Waals surface area contributed by atoms with Crippen LogP contribution in [0, 0.1) is 0 Å². The van der Waals surface area contributed by atoms with Crippen molar-refractivity contribution in [3.8, 4) is 0 Å². The highest BCUT2D eigenvalue weighted by Gasteiger charge is 2.38. The molecule has 1 rings (SSSR count). The van der Waals surface area contributed by atoms with Crippen molar-refractivity contribution in [3.63, 3.8) is 0 Å². The highest BCUT2D eigenvalue weighted by molar-refractivity contribution is 5.00. The van der Waals surface area contributed by atoms with Crippen molar-refractivity contribution in [3.05, 3.63) is 0 Å². The predicted octanol–water partition coefficient (Wildman–Crippen LogP) is 0.549. The van der Waals surface area contributed by atoms with Gasteiger partial charge in [0.15, 0.2) is 0 Å². The van der Waals surface area contributed by atoms with Gasteiger partial charge in [0, 0.05) is 43.9 Å². The summed E-state index contributed by atoms with van der Waals surface area (Å²) in [5.41, 5.74) is 6.05. The molecule has 1 aliphatic rings. The van der Waals surface area contributed by atoms with Gasteiger partial charge in [0.05, 0.1) is 0 Å². The van der Waals surface area contributed by atoms with Crippen molar-refractivity contribution < 1.29 is 5.11 Å². The fraction of sp³-hybridized carbons (Fsp3) is 1.00. The third-order valence-corrected chi connectivity index (χ3v) is 3.85. The van der Waals surface area contributed by atoms with Crippen LogP contribution < -0.4 is 11.1 Å². The first-order valence-corrected chi connectivity index (χ1v) is 6.85. The number of nitrogens with one attached hydrogen (secondary N) is 1. The number of rotatable bonds is 7. The van der Waals surface area contributed by atoms with Gasteiger partial charge in [0.25, 0.3) is 0 Å². The number of hydrogen-bond donors (Lipinski definition) is 3. The summed E-state index contributed by atoms with van der Waals surface area (Å²) in [6, 6.07) is 1.02. The Labute approximate surface area is 106 Å². The van der Waals surface area contributed by atoms with Gasteiger partial charge in [-0.1, -0.05) is 0 Å². The maximum Gasteiger partial charge on any atom is 0.0446 e. The molecule has 4 heteroatoms. The zero-order chi connectivity index (χ0) is 12.9. The molecule has 2 atom stereocenters. The number of hydrogen-bond acceptors (Lipinski definition) is 4. The molecule has 2 unspecified atom stereocenters. The minimum absolute atomic E-state index is 0.0825. The van der Waals surface area contributed by atoms with Gasteiger partial charge in [0.1, 0.15) is 0 Å². The van der Waals surface area contributed by atoms with Crippen LogP contribution in [0.4, 0.5) is 0 Å². The van der Waals surface area contributed by atoms with E-state index in [-0.39, 0.29) is 12.1 Å². The Morgan fingerprint density at radius 3 is 2.59 bits per heavy atom. The first-order chi connectivity index (χ1) is 8.03. The van der Waals surface area contributed by atoms with Crippen LogP contribution in [0.3, 0.4) is 0 Å². The van der Waals surface area contributed by atoms with Crippen molar-refractivity contribution in [1.29, 1.82) is 0 Å². The summed E-state index contributed by atoms with van der Waals surface area (Å²) in [6.07, 6.45) is 3.01. The van der Waals surface area contributed by atoms with Crippen molar-refractivity contribution >= 4 is 0 Å². The Kier molecular flexibility index (Phi) is 5.86. The summed E-state index contributed by atoms with van der Waals surface area (Å²) in [4.78, 5) is 2.48. The van der Waals surface area contributed by atoms with Crippen molar-refractivity contribution in [1.82, 2.24) is 10.2 Å². The van der Waals surface area contributed by atoms with Gasteiger partial charge in [-0.25, -0.2) is 0 Å². The monoisotopic (exact) mass is 243 g/mol. The number of nitrogens with zero attached hydrogens (tertiary/aromatic N) is 1. The molecule has 4 nitrogen and oxygen atoms in total. The summed E-state index contributed by atoms with van der Waals surface area (Å²) in [7, 11) is 0. The fourth-order valence-corrected chi connectivity index (χ4v) is 2.68. The predicted molar refractivity (Wildman–Crippen MR) is 72.0 cm³/mol. The SMILES string of the molecule is CC(CCCO)NC1(CN)CCN(C(C)C)C1. The molecular formula is C13H29N3O. The number of aliphatic hydroxyl groups is 1. The maximum atomic E-state index is 8.85. The van der Waals surface area contributed by atoms with Gasteiger partial charge in [0.2, 0.25) is 0 Å². The summed E-state index contributed by atoms with van der Waals surface area (Å²) >= 11 is 0. The standard InChI is InChI=1S/C13H29N3O/c1-11(2)16-7-6-13(9-14,10-16)15-12(3)5-4-8-17/h11-12,15,17H,4-10,14H2,1-3H3. The van der Waals surface area contributed by atoms with E-state index in [9.17, 15) is 0 Å². The van der Waals surface area contributed by atoms with Crippen LogP contribution in [0.25, 0.3) is 0 Å². The van der Waals surface area contributed by atoms with Gasteiger partial charge >= 0.3 is 0 Å². The molecule has 1 aliphatic heterocycles. The van der Waals surface area contributed by atoms with E-state index in [1.54, 1.807) is 0 Å². The smallest absolute Gasteiger partial charge is 0.0446 e. The molecule has 0 aromatic carbocycles. The third kappa shape index (κ3) is 4.21. The third-order valence-electron chi connectivity index (χ3n) is 3.85. The summed E-state index contributed by atoms with van der Waals surface area (Å²) < 4.78 is 0. The fourth-order valence-electron chi connectivity index (χ4n) is 2.68. The van der Waals surface area contributed by atoms with E-state index in [1.165, 1.54) is 0 Å². The molecule has 0 aliphatic carbocycles. The van der Waals surface area contributed by atoms with E-state index in [0.29, 0.717) is 18.6 Å². The molecule has 1 saturated heterocycles. The van der Waals surface area contributed by atoms with Crippen molar-refractivity contribution in [2.24, 2.45) is 5.73 Å². The molecule has 0 spiro atoms. The molecule has 102 valence electrons. The minimum Gasteiger partial charge on any atom is -0.396 e. The Hall–Kier alpha value is -0.160. The van der Waals surface area contributed by atoms with E-state index in [0.717, 1.165) is 32.4 Å². The summed E-state index contributed by atoms with van der Waals surface area (Å²) in [6.45, 7) is 9.81. The van der Waals surface area contributed by atoms with E-state index in [2.05, 4.69) is 31.0 Å². The van der Waals surface area contributed by atoms with E-state index in [1.807, 2.05) is 0 Å². The highest BCUT2D eigenvalue weighted by Crippen LogP contribution is 2.23. The van der Waals surface area contributed by atoms with Crippen LogP contribution in [0.2, 0.25) is 0 Å². The number of aliphatic hydroxyl groups excluding tert-OH is 1. The van der Waals surface area contributed by atoms with Gasteiger partial charge in [-0.05, 0) is 40.0 Å². The van der Waals surface area contributed by atoms with Crippen LogP contribution in [-0.4, -0.2) is 53.9 Å². The molecular weight excluding hydrogens is 214 g/mol. The first-order valence-electron chi connectivity index (χ1n) is 6.85. The summed E-state index contributed by atoms with van der Waals surface area (Å²) in [5, 5.41) is 12.5. The Morgan fingerprint density at radius 2 is 2.12 bits per heavy atom. The molecule has 0 amide bonds. The molecule has 0 radical (unpaired) electrons. The lowest BCUT2D eigenvalue weighted by Crippen LogP contribution is -2.56. The van der Waals surface area contributed by atoms with Gasteiger partial charge in [-0.15, -0.1) is 0 Å². The lowest BCUT2D eigenvalue weighted by atomic mass is 9.96. The largest absolute Gasteiger partial charge is 0.396 e. The molecule has 17 heavy (non-hydrogen) atoms. The zero-order valence-electron chi connectivity index (χ0n) is 11.6. The average molecular weight is 243 g/mol. The van der Waals surface area contributed by atoms with Gasteiger partial charge in [-0.3, -0.25) is 4.90 Å². The quantitative estimate of drug-likeness (QED) is 0.611. The van der Waals surface area contributed by atoms with E-state index >= 15 is 0 Å². The maximum absolute atomic E-state index is 8.85. The lowest BCUT2D eigenvalue weighted by molar-refractivity contribution is 0.224. The Balaban J connectivity index is 2.47. The molecule has 0 saturated carbocycles. The van der Waals surface area contributed by atoms with Gasteiger partial charge < -0.3 is 16.2 Å². The summed E-state index contributed by atoms with van der Waals surface area (Å²) in [5.74, 6) is 0. The average Bonchev–Trinajstić information content (AvgIpc) is 2.71. The number of likely N-dealkylation sites (tertiary alicyclic amines) is 1. The van der Waals surface area contributed by atoms with Crippen LogP contribution in [0.5, 0.6) is 0 Å². The molecule has 1 heterocycles. The van der Waals surface area contributed by atoms with Gasteiger partial charge in [-0.2, -0.15) is 0 Å². The normalized spacial score (nSPS) is 27.9. The minimum atomic E-state index is 0.0825. The first kappa shape index (κ1) is 14.9. The Bertz CT molecular complexity index is 223.